The Morgan fingerprint density at radius 2 is 1.93 bits per heavy atom. The summed E-state index contributed by atoms with van der Waals surface area (Å²) in [6.45, 7) is 0. The molecule has 0 radical (unpaired) electrons. The zero-order valence-electron chi connectivity index (χ0n) is 8.16. The quantitative estimate of drug-likeness (QED) is 0.551. The van der Waals surface area contributed by atoms with Crippen LogP contribution in [0.25, 0.3) is 0 Å². The molecule has 1 rings (SSSR count). The van der Waals surface area contributed by atoms with Gasteiger partial charge in [0.1, 0.15) is 0 Å². The molecule has 0 bridgehead atoms. The maximum Gasteiger partial charge on any atom is 1.00 e. The smallest absolute Gasteiger partial charge is 1.00 e. The molecular formula is C6H6Cl2NNaO3S. The second-order valence-corrected chi connectivity index (χ2v) is 4.12. The molecule has 0 atom stereocenters. The van der Waals surface area contributed by atoms with Gasteiger partial charge in [-0.2, -0.15) is 8.42 Å². The Morgan fingerprint density at radius 1 is 1.36 bits per heavy atom. The first-order valence-corrected chi connectivity index (χ1v) is 5.29. The number of hydrogen-bond donors (Lipinski definition) is 2. The van der Waals surface area contributed by atoms with Gasteiger partial charge in [0.25, 0.3) is 0 Å². The molecule has 2 N–H and O–H groups in total. The fourth-order valence-electron chi connectivity index (χ4n) is 0.722. The van der Waals surface area contributed by atoms with E-state index >= 15 is 0 Å². The normalized spacial score (nSPS) is 10.5. The average Bonchev–Trinajstić information content (AvgIpc) is 1.96. The van der Waals surface area contributed by atoms with E-state index in [1.165, 1.54) is 18.2 Å². The fraction of sp³-hybridized carbons (Fsp3) is 0. The van der Waals surface area contributed by atoms with Crippen LogP contribution in [0.1, 0.15) is 1.43 Å². The fourth-order valence-corrected chi connectivity index (χ4v) is 1.57. The van der Waals surface area contributed by atoms with Crippen LogP contribution >= 0.6 is 23.2 Å². The summed E-state index contributed by atoms with van der Waals surface area (Å²) in [5, 5.41) is 0.247. The van der Waals surface area contributed by atoms with Gasteiger partial charge in [0.2, 0.25) is 0 Å². The van der Waals surface area contributed by atoms with Crippen LogP contribution in [0.3, 0.4) is 0 Å². The molecule has 0 amide bonds. The number of halogens is 2. The summed E-state index contributed by atoms with van der Waals surface area (Å²) in [5.41, 5.74) is 0.0386. The second kappa shape index (κ2) is 5.55. The molecule has 0 fully saturated rings. The van der Waals surface area contributed by atoms with Gasteiger partial charge in [0.05, 0.1) is 15.7 Å². The van der Waals surface area contributed by atoms with E-state index in [-0.39, 0.29) is 46.7 Å². The molecule has 8 heteroatoms. The summed E-state index contributed by atoms with van der Waals surface area (Å²) < 4.78 is 31.1. The molecule has 74 valence electrons. The Balaban J connectivity index is 0. The summed E-state index contributed by atoms with van der Waals surface area (Å²) in [7, 11) is -4.31. The van der Waals surface area contributed by atoms with Crippen LogP contribution in [0.5, 0.6) is 0 Å². The molecule has 1 aromatic rings. The van der Waals surface area contributed by atoms with Gasteiger partial charge in [-0.05, 0) is 12.1 Å². The third-order valence-electron chi connectivity index (χ3n) is 1.19. The largest absolute Gasteiger partial charge is 1.00 e. The third kappa shape index (κ3) is 4.35. The van der Waals surface area contributed by atoms with E-state index in [9.17, 15) is 8.42 Å². The van der Waals surface area contributed by atoms with Crippen molar-refractivity contribution in [1.29, 1.82) is 0 Å². The molecule has 4 nitrogen and oxygen atoms in total. The summed E-state index contributed by atoms with van der Waals surface area (Å²) in [6.07, 6.45) is 0. The van der Waals surface area contributed by atoms with Gasteiger partial charge in [0.15, 0.2) is 0 Å². The van der Waals surface area contributed by atoms with Crippen LogP contribution in [0.4, 0.5) is 5.69 Å². The minimum absolute atomic E-state index is 0. The Bertz CT molecular complexity index is 428. The van der Waals surface area contributed by atoms with Crippen molar-refractivity contribution in [3.05, 3.63) is 28.2 Å². The first-order valence-electron chi connectivity index (χ1n) is 3.09. The molecule has 0 aliphatic rings. The number of hydrogen-bond acceptors (Lipinski definition) is 2. The molecule has 0 aromatic heterocycles. The topological polar surface area (TPSA) is 66.4 Å². The average molecular weight is 266 g/mol. The maximum atomic E-state index is 10.4. The predicted octanol–water partition coefficient (Wildman–Crippen LogP) is -0.675. The Morgan fingerprint density at radius 3 is 2.43 bits per heavy atom. The van der Waals surface area contributed by atoms with Crippen molar-refractivity contribution in [2.45, 2.75) is 0 Å². The molecule has 0 saturated heterocycles. The van der Waals surface area contributed by atoms with Crippen LogP contribution in [0.2, 0.25) is 10.0 Å². The zero-order chi connectivity index (χ0) is 10.1. The number of benzene rings is 1. The third-order valence-corrected chi connectivity index (χ3v) is 2.49. The van der Waals surface area contributed by atoms with Crippen LogP contribution in [0, 0.1) is 0 Å². The summed E-state index contributed by atoms with van der Waals surface area (Å²) in [6, 6.07) is 4.38. The van der Waals surface area contributed by atoms with Crippen molar-refractivity contribution in [2.75, 3.05) is 4.72 Å². The van der Waals surface area contributed by atoms with E-state index in [1.807, 2.05) is 0 Å². The first kappa shape index (κ1) is 14.5. The number of nitrogens with one attached hydrogen (secondary N) is 1. The van der Waals surface area contributed by atoms with Gasteiger partial charge in [-0.3, -0.25) is 9.27 Å². The van der Waals surface area contributed by atoms with Crippen LogP contribution in [-0.2, 0) is 10.3 Å². The van der Waals surface area contributed by atoms with Crippen molar-refractivity contribution < 1.29 is 44.0 Å². The van der Waals surface area contributed by atoms with E-state index in [1.54, 1.807) is 4.72 Å². The molecule has 1 aromatic carbocycles. The number of anilines is 1. The standard InChI is InChI=1S/C6H5Cl2NO3S.Na.H/c7-4-2-1-3-5(6(4)8)9-13(10,11)12;;/h1-3,9H,(H,10,11,12);;/q;+1;-1. The summed E-state index contributed by atoms with van der Waals surface area (Å²) >= 11 is 11.2. The molecule has 0 spiro atoms. The molecule has 0 heterocycles. The van der Waals surface area contributed by atoms with Crippen molar-refractivity contribution in [2.24, 2.45) is 0 Å². The van der Waals surface area contributed by atoms with Gasteiger partial charge < -0.3 is 1.43 Å². The zero-order valence-corrected chi connectivity index (χ0v) is 11.5. The Kier molecular flexibility index (Phi) is 5.76. The SMILES string of the molecule is O=S(=O)(O)Nc1cccc(Cl)c1Cl.[H-].[Na+]. The van der Waals surface area contributed by atoms with Crippen molar-refractivity contribution in [3.63, 3.8) is 0 Å². The van der Waals surface area contributed by atoms with Gasteiger partial charge in [-0.1, -0.05) is 29.3 Å². The monoisotopic (exact) mass is 265 g/mol. The second-order valence-electron chi connectivity index (χ2n) is 2.18. The number of rotatable bonds is 2. The van der Waals surface area contributed by atoms with Crippen LogP contribution < -0.4 is 34.3 Å². The Labute approximate surface area is 115 Å². The van der Waals surface area contributed by atoms with Gasteiger partial charge in [-0.15, -0.1) is 0 Å². The summed E-state index contributed by atoms with van der Waals surface area (Å²) in [5.74, 6) is 0. The molecular weight excluding hydrogens is 260 g/mol. The molecule has 0 unspecified atom stereocenters. The minimum Gasteiger partial charge on any atom is -1.00 e. The van der Waals surface area contributed by atoms with E-state index in [0.717, 1.165) is 0 Å². The minimum atomic E-state index is -4.31. The van der Waals surface area contributed by atoms with Gasteiger partial charge in [-0.25, -0.2) is 0 Å². The Hall–Kier alpha value is 0.510. The van der Waals surface area contributed by atoms with E-state index < -0.39 is 10.3 Å². The van der Waals surface area contributed by atoms with Crippen molar-refractivity contribution >= 4 is 39.2 Å². The molecule has 0 aliphatic heterocycles. The molecule has 0 aliphatic carbocycles. The van der Waals surface area contributed by atoms with Crippen LogP contribution in [0.15, 0.2) is 18.2 Å². The maximum absolute atomic E-state index is 10.4. The van der Waals surface area contributed by atoms with Gasteiger partial charge >= 0.3 is 39.9 Å². The van der Waals surface area contributed by atoms with E-state index in [4.69, 9.17) is 27.8 Å². The van der Waals surface area contributed by atoms with Crippen molar-refractivity contribution in [3.8, 4) is 0 Å². The van der Waals surface area contributed by atoms with Gasteiger partial charge in [0, 0.05) is 0 Å². The van der Waals surface area contributed by atoms with Crippen LogP contribution in [-0.4, -0.2) is 13.0 Å². The summed E-state index contributed by atoms with van der Waals surface area (Å²) in [4.78, 5) is 0. The molecule has 14 heavy (non-hydrogen) atoms. The van der Waals surface area contributed by atoms with E-state index in [2.05, 4.69) is 0 Å². The van der Waals surface area contributed by atoms with E-state index in [0.29, 0.717) is 0 Å². The first-order chi connectivity index (χ1) is 5.90. The predicted molar refractivity (Wildman–Crippen MR) is 52.7 cm³/mol. The van der Waals surface area contributed by atoms with Crippen molar-refractivity contribution in [1.82, 2.24) is 0 Å². The molecule has 0 saturated carbocycles.